The summed E-state index contributed by atoms with van der Waals surface area (Å²) in [5, 5.41) is 13.8. The average molecular weight is 112 g/mol. The molecule has 0 aliphatic rings. The Bertz CT molecular complexity index is 173. The molecule has 1 heterocycles. The Morgan fingerprint density at radius 3 is 2.25 bits per heavy atom. The van der Waals surface area contributed by atoms with E-state index in [-0.39, 0.29) is 5.95 Å². The van der Waals surface area contributed by atoms with Crippen molar-refractivity contribution in [1.29, 1.82) is 0 Å². The summed E-state index contributed by atoms with van der Waals surface area (Å²) >= 11 is 0. The maximum Gasteiger partial charge on any atom is 0.0800 e. The number of hydrogen-bond donors (Lipinski definition) is 0. The normalized spacial score (nSPS) is 9.75. The van der Waals surface area contributed by atoms with E-state index in [4.69, 9.17) is 0 Å². The van der Waals surface area contributed by atoms with Gasteiger partial charge in [0, 0.05) is 0 Å². The van der Waals surface area contributed by atoms with E-state index in [0.717, 1.165) is 0 Å². The molecule has 0 atom stereocenters. The average Bonchev–Trinajstić information content (AvgIpc) is 1.98. The largest absolute Gasteiger partial charge is 0.544 e. The molecule has 8 heavy (non-hydrogen) atoms. The van der Waals surface area contributed by atoms with Gasteiger partial charge in [0.1, 0.15) is 0 Å². The van der Waals surface area contributed by atoms with Gasteiger partial charge in [0.25, 0.3) is 0 Å². The fourth-order valence-electron chi connectivity index (χ4n) is 0.395. The van der Waals surface area contributed by atoms with Crippen LogP contribution in [-0.4, -0.2) is 5.16 Å². The second-order valence-corrected chi connectivity index (χ2v) is 1.68. The van der Waals surface area contributed by atoms with Gasteiger partial charge in [-0.3, -0.25) is 0 Å². The highest BCUT2D eigenvalue weighted by Gasteiger charge is 1.93. The van der Waals surface area contributed by atoms with E-state index in [0.29, 0.717) is 11.3 Å². The minimum Gasteiger partial charge on any atom is -0.544 e. The van der Waals surface area contributed by atoms with Crippen LogP contribution in [0.1, 0.15) is 11.3 Å². The first-order chi connectivity index (χ1) is 3.72. The molecule has 3 nitrogen and oxygen atoms in total. The molecular weight excluding hydrogens is 106 g/mol. The summed E-state index contributed by atoms with van der Waals surface area (Å²) in [6.45, 7) is 3.42. The molecule has 0 aliphatic heterocycles. The van der Waals surface area contributed by atoms with Crippen LogP contribution in [0.3, 0.4) is 0 Å². The van der Waals surface area contributed by atoms with Crippen molar-refractivity contribution in [3.8, 4) is 5.95 Å². The van der Waals surface area contributed by atoms with E-state index in [9.17, 15) is 5.11 Å². The van der Waals surface area contributed by atoms with Crippen LogP contribution in [0.5, 0.6) is 5.95 Å². The molecule has 0 aliphatic carbocycles. The first-order valence-electron chi connectivity index (χ1n) is 2.31. The van der Waals surface area contributed by atoms with E-state index in [1.165, 1.54) is 0 Å². The van der Waals surface area contributed by atoms with Gasteiger partial charge in [-0.15, -0.1) is 0 Å². The molecule has 1 aromatic rings. The minimum atomic E-state index is -0.331. The predicted molar refractivity (Wildman–Crippen MR) is 25.4 cm³/mol. The van der Waals surface area contributed by atoms with Gasteiger partial charge in [0.05, 0.1) is 11.6 Å². The molecule has 0 amide bonds. The molecule has 0 aromatic carbocycles. The van der Waals surface area contributed by atoms with Gasteiger partial charge in [-0.2, -0.15) is 5.16 Å². The number of rotatable bonds is 0. The molecule has 0 bridgehead atoms. The fraction of sp³-hybridized carbons (Fsp3) is 0.400. The van der Waals surface area contributed by atoms with E-state index in [1.807, 2.05) is 0 Å². The van der Waals surface area contributed by atoms with E-state index >= 15 is 0 Å². The van der Waals surface area contributed by atoms with Crippen LogP contribution in [0.2, 0.25) is 0 Å². The van der Waals surface area contributed by atoms with Crippen molar-refractivity contribution in [3.63, 3.8) is 0 Å². The second kappa shape index (κ2) is 1.51. The Morgan fingerprint density at radius 1 is 1.50 bits per heavy atom. The van der Waals surface area contributed by atoms with E-state index in [2.05, 4.69) is 9.68 Å². The Labute approximate surface area is 46.9 Å². The summed E-state index contributed by atoms with van der Waals surface area (Å²) < 4.78 is 4.29. The zero-order valence-corrected chi connectivity index (χ0v) is 4.76. The molecule has 0 unspecified atom stereocenters. The van der Waals surface area contributed by atoms with Crippen LogP contribution < -0.4 is 5.11 Å². The molecule has 3 heteroatoms. The quantitative estimate of drug-likeness (QED) is 0.487. The Balaban J connectivity index is 3.19. The minimum absolute atomic E-state index is 0.331. The summed E-state index contributed by atoms with van der Waals surface area (Å²) in [7, 11) is 0. The molecule has 1 aromatic heterocycles. The third kappa shape index (κ3) is 0.559. The molecule has 1 rings (SSSR count). The van der Waals surface area contributed by atoms with Gasteiger partial charge in [-0.25, -0.2) is 0 Å². The van der Waals surface area contributed by atoms with Crippen LogP contribution >= 0.6 is 0 Å². The third-order valence-corrected chi connectivity index (χ3v) is 1.11. The summed E-state index contributed by atoms with van der Waals surface area (Å²) in [5.41, 5.74) is 1.28. The molecule has 44 valence electrons. The zero-order chi connectivity index (χ0) is 6.15. The fourth-order valence-corrected chi connectivity index (χ4v) is 0.395. The van der Waals surface area contributed by atoms with Crippen molar-refractivity contribution < 1.29 is 9.63 Å². The first kappa shape index (κ1) is 5.15. The summed E-state index contributed by atoms with van der Waals surface area (Å²) in [4.78, 5) is 0. The first-order valence-corrected chi connectivity index (χ1v) is 2.31. The molecular formula is C5H6NO2-. The lowest BCUT2D eigenvalue weighted by molar-refractivity contribution is -0.297. The number of hydrogen-bond acceptors (Lipinski definition) is 3. The van der Waals surface area contributed by atoms with E-state index < -0.39 is 0 Å². The zero-order valence-electron chi connectivity index (χ0n) is 4.76. The van der Waals surface area contributed by atoms with Crippen molar-refractivity contribution in [2.24, 2.45) is 0 Å². The van der Waals surface area contributed by atoms with Crippen LogP contribution in [0, 0.1) is 13.8 Å². The molecule has 0 spiro atoms. The number of nitrogens with zero attached hydrogens (tertiary/aromatic N) is 1. The van der Waals surface area contributed by atoms with Gasteiger partial charge in [0.15, 0.2) is 0 Å². The van der Waals surface area contributed by atoms with E-state index in [1.54, 1.807) is 13.8 Å². The smallest absolute Gasteiger partial charge is 0.0800 e. The highest BCUT2D eigenvalue weighted by Crippen LogP contribution is 2.13. The lowest BCUT2D eigenvalue weighted by Crippen LogP contribution is -1.87. The van der Waals surface area contributed by atoms with Gasteiger partial charge in [-0.1, -0.05) is 0 Å². The highest BCUT2D eigenvalue weighted by atomic mass is 16.5. The molecule has 0 saturated carbocycles. The number of aromatic nitrogens is 1. The topological polar surface area (TPSA) is 49.1 Å². The van der Waals surface area contributed by atoms with Gasteiger partial charge >= 0.3 is 0 Å². The summed E-state index contributed by atoms with van der Waals surface area (Å²) in [6.07, 6.45) is 0. The van der Waals surface area contributed by atoms with Gasteiger partial charge < -0.3 is 9.63 Å². The second-order valence-electron chi connectivity index (χ2n) is 1.68. The Kier molecular flexibility index (Phi) is 0.970. The SMILES string of the molecule is Cc1noc([O-])c1C. The standard InChI is InChI=1S/C5H7NO2/c1-3-4(2)6-8-5(3)7/h7H,1-2H3/p-1. The van der Waals surface area contributed by atoms with Gasteiger partial charge in [-0.05, 0) is 19.4 Å². The van der Waals surface area contributed by atoms with Crippen molar-refractivity contribution in [2.45, 2.75) is 13.8 Å². The maximum atomic E-state index is 10.4. The van der Waals surface area contributed by atoms with Crippen molar-refractivity contribution in [1.82, 2.24) is 5.16 Å². The lowest BCUT2D eigenvalue weighted by Gasteiger charge is -1.90. The van der Waals surface area contributed by atoms with Crippen molar-refractivity contribution in [2.75, 3.05) is 0 Å². The van der Waals surface area contributed by atoms with Crippen molar-refractivity contribution >= 4 is 0 Å². The molecule has 0 radical (unpaired) electrons. The molecule has 0 N–H and O–H groups in total. The Hall–Kier alpha value is -0.990. The monoisotopic (exact) mass is 112 g/mol. The highest BCUT2D eigenvalue weighted by molar-refractivity contribution is 5.21. The van der Waals surface area contributed by atoms with Gasteiger partial charge in [0.2, 0.25) is 0 Å². The summed E-state index contributed by atoms with van der Waals surface area (Å²) in [5.74, 6) is -0.331. The van der Waals surface area contributed by atoms with Crippen LogP contribution in [0.15, 0.2) is 4.52 Å². The third-order valence-electron chi connectivity index (χ3n) is 1.11. The van der Waals surface area contributed by atoms with Crippen LogP contribution in [0.25, 0.3) is 0 Å². The van der Waals surface area contributed by atoms with Crippen LogP contribution in [0.4, 0.5) is 0 Å². The molecule has 0 fully saturated rings. The number of aryl methyl sites for hydroxylation is 1. The molecule has 0 saturated heterocycles. The van der Waals surface area contributed by atoms with Crippen molar-refractivity contribution in [3.05, 3.63) is 11.3 Å². The Morgan fingerprint density at radius 2 is 2.12 bits per heavy atom. The summed E-state index contributed by atoms with van der Waals surface area (Å²) in [6, 6.07) is 0. The maximum absolute atomic E-state index is 10.4. The predicted octanol–water partition coefficient (Wildman–Crippen LogP) is 0.365. The van der Waals surface area contributed by atoms with Crippen LogP contribution in [-0.2, 0) is 0 Å². The lowest BCUT2D eigenvalue weighted by atomic mass is 10.3.